The van der Waals surface area contributed by atoms with Crippen molar-refractivity contribution >= 4 is 21.6 Å². The lowest BCUT2D eigenvalue weighted by molar-refractivity contribution is 0.260. The van der Waals surface area contributed by atoms with Crippen LogP contribution in [0.4, 0.5) is 0 Å². The molecule has 5 nitrogen and oxygen atoms in total. The number of aliphatic hydroxyl groups is 1. The molecule has 0 radical (unpaired) electrons. The predicted molar refractivity (Wildman–Crippen MR) is 72.8 cm³/mol. The molecule has 2 aromatic heterocycles. The number of hydrogen-bond donors (Lipinski definition) is 3. The van der Waals surface area contributed by atoms with Crippen LogP contribution < -0.4 is 10.9 Å². The van der Waals surface area contributed by atoms with E-state index in [1.54, 1.807) is 0 Å². The molecule has 2 aromatic rings. The Balaban J connectivity index is 1.97. The first-order valence-corrected chi connectivity index (χ1v) is 6.86. The lowest BCUT2D eigenvalue weighted by atomic mass is 10.1. The number of aromatic amines is 1. The summed E-state index contributed by atoms with van der Waals surface area (Å²) < 4.78 is 0.674. The highest BCUT2D eigenvalue weighted by atomic mass is 32.1. The summed E-state index contributed by atoms with van der Waals surface area (Å²) in [7, 11) is 0. The molecular weight excluding hydrogens is 250 g/mol. The van der Waals surface area contributed by atoms with E-state index in [1.807, 2.05) is 11.4 Å². The fourth-order valence-electron chi connectivity index (χ4n) is 1.76. The minimum absolute atomic E-state index is 0.0739. The molecule has 6 heteroatoms. The van der Waals surface area contributed by atoms with Gasteiger partial charge < -0.3 is 15.4 Å². The van der Waals surface area contributed by atoms with Crippen molar-refractivity contribution in [1.82, 2.24) is 15.3 Å². The maximum Gasteiger partial charge on any atom is 0.268 e. The van der Waals surface area contributed by atoms with Crippen LogP contribution in [0.5, 0.6) is 0 Å². The van der Waals surface area contributed by atoms with Gasteiger partial charge in [-0.1, -0.05) is 6.92 Å². The second-order valence-electron chi connectivity index (χ2n) is 4.40. The molecule has 18 heavy (non-hydrogen) atoms. The molecule has 98 valence electrons. The van der Waals surface area contributed by atoms with Gasteiger partial charge in [-0.15, -0.1) is 11.3 Å². The van der Waals surface area contributed by atoms with Crippen molar-refractivity contribution in [3.05, 3.63) is 27.6 Å². The molecule has 0 spiro atoms. The number of thiophene rings is 1. The Hall–Kier alpha value is -1.24. The van der Waals surface area contributed by atoms with Gasteiger partial charge in [-0.05, 0) is 30.3 Å². The van der Waals surface area contributed by atoms with E-state index in [-0.39, 0.29) is 12.2 Å². The first kappa shape index (κ1) is 13.2. The highest BCUT2D eigenvalue weighted by Crippen LogP contribution is 2.13. The van der Waals surface area contributed by atoms with Crippen LogP contribution in [-0.2, 0) is 6.54 Å². The van der Waals surface area contributed by atoms with Gasteiger partial charge >= 0.3 is 0 Å². The number of rotatable bonds is 6. The van der Waals surface area contributed by atoms with Crippen LogP contribution in [0.2, 0.25) is 0 Å². The van der Waals surface area contributed by atoms with E-state index in [2.05, 4.69) is 22.2 Å². The standard InChI is InChI=1S/C12H17N3O2S/c1-8(2-4-16)6-13-7-10-14-9-3-5-18-11(9)12(17)15-10/h3,5,8,13,16H,2,4,6-7H2,1H3,(H,14,15,17). The molecular formula is C12H17N3O2S. The Morgan fingerprint density at radius 1 is 1.61 bits per heavy atom. The van der Waals surface area contributed by atoms with Gasteiger partial charge in [0, 0.05) is 6.61 Å². The predicted octanol–water partition coefficient (Wildman–Crippen LogP) is 1.09. The molecule has 0 aliphatic rings. The molecule has 2 rings (SSSR count). The van der Waals surface area contributed by atoms with Crippen LogP contribution in [0.3, 0.4) is 0 Å². The maximum atomic E-state index is 11.7. The van der Waals surface area contributed by atoms with E-state index in [4.69, 9.17) is 5.11 Å². The number of aromatic nitrogens is 2. The van der Waals surface area contributed by atoms with Crippen LogP contribution in [0.25, 0.3) is 10.2 Å². The summed E-state index contributed by atoms with van der Waals surface area (Å²) in [6, 6.07) is 1.85. The third-order valence-electron chi connectivity index (χ3n) is 2.77. The molecule has 1 unspecified atom stereocenters. The summed E-state index contributed by atoms with van der Waals surface area (Å²) in [6.07, 6.45) is 0.778. The van der Waals surface area contributed by atoms with Crippen molar-refractivity contribution in [3.63, 3.8) is 0 Å². The fourth-order valence-corrected chi connectivity index (χ4v) is 2.49. The maximum absolute atomic E-state index is 11.7. The topological polar surface area (TPSA) is 78.0 Å². The van der Waals surface area contributed by atoms with E-state index in [1.165, 1.54) is 11.3 Å². The number of nitrogens with one attached hydrogen (secondary N) is 2. The van der Waals surface area contributed by atoms with Crippen LogP contribution >= 0.6 is 11.3 Å². The summed E-state index contributed by atoms with van der Waals surface area (Å²) in [5, 5.41) is 13.9. The Morgan fingerprint density at radius 3 is 3.22 bits per heavy atom. The summed E-state index contributed by atoms with van der Waals surface area (Å²) >= 11 is 1.40. The average Bonchev–Trinajstić information content (AvgIpc) is 2.78. The average molecular weight is 267 g/mol. The van der Waals surface area contributed by atoms with Gasteiger partial charge in [0.25, 0.3) is 5.56 Å². The summed E-state index contributed by atoms with van der Waals surface area (Å²) in [5.74, 6) is 1.06. The highest BCUT2D eigenvalue weighted by Gasteiger charge is 2.05. The van der Waals surface area contributed by atoms with E-state index < -0.39 is 0 Å². The number of H-pyrrole nitrogens is 1. The molecule has 1 atom stereocenters. The number of nitrogens with zero attached hydrogens (tertiary/aromatic N) is 1. The minimum Gasteiger partial charge on any atom is -0.396 e. The van der Waals surface area contributed by atoms with Crippen molar-refractivity contribution in [1.29, 1.82) is 0 Å². The molecule has 0 amide bonds. The van der Waals surface area contributed by atoms with Crippen LogP contribution in [0.1, 0.15) is 19.2 Å². The summed E-state index contributed by atoms with van der Waals surface area (Å²) in [4.78, 5) is 18.9. The molecule has 0 aliphatic heterocycles. The summed E-state index contributed by atoms with van der Waals surface area (Å²) in [6.45, 7) is 3.61. The molecule has 2 heterocycles. The van der Waals surface area contributed by atoms with Gasteiger partial charge in [0.15, 0.2) is 0 Å². The normalized spacial score (nSPS) is 13.0. The molecule has 3 N–H and O–H groups in total. The molecule has 0 fully saturated rings. The Bertz CT molecular complexity index is 564. The van der Waals surface area contributed by atoms with Crippen molar-refractivity contribution < 1.29 is 5.11 Å². The molecule has 0 aliphatic carbocycles. The van der Waals surface area contributed by atoms with Gasteiger partial charge in [0.1, 0.15) is 10.5 Å². The van der Waals surface area contributed by atoms with Crippen molar-refractivity contribution in [2.24, 2.45) is 5.92 Å². The van der Waals surface area contributed by atoms with Crippen LogP contribution in [0, 0.1) is 5.92 Å². The lowest BCUT2D eigenvalue weighted by Crippen LogP contribution is -2.24. The van der Waals surface area contributed by atoms with Gasteiger partial charge in [-0.2, -0.15) is 0 Å². The Kier molecular flexibility index (Phi) is 4.46. The first-order valence-electron chi connectivity index (χ1n) is 5.98. The van der Waals surface area contributed by atoms with E-state index in [9.17, 15) is 4.79 Å². The smallest absolute Gasteiger partial charge is 0.268 e. The largest absolute Gasteiger partial charge is 0.396 e. The Labute approximate surface area is 109 Å². The monoisotopic (exact) mass is 267 g/mol. The van der Waals surface area contributed by atoms with E-state index >= 15 is 0 Å². The van der Waals surface area contributed by atoms with Gasteiger partial charge in [0.05, 0.1) is 12.1 Å². The third-order valence-corrected chi connectivity index (χ3v) is 3.67. The second kappa shape index (κ2) is 6.08. The summed E-state index contributed by atoms with van der Waals surface area (Å²) in [5.41, 5.74) is 0.680. The zero-order chi connectivity index (χ0) is 13.0. The van der Waals surface area contributed by atoms with Crippen LogP contribution in [0.15, 0.2) is 16.2 Å². The second-order valence-corrected chi connectivity index (χ2v) is 5.31. The number of hydrogen-bond acceptors (Lipinski definition) is 5. The number of aliphatic hydroxyl groups excluding tert-OH is 1. The fraction of sp³-hybridized carbons (Fsp3) is 0.500. The van der Waals surface area contributed by atoms with E-state index in [0.717, 1.165) is 18.5 Å². The third kappa shape index (κ3) is 3.16. The zero-order valence-electron chi connectivity index (χ0n) is 10.3. The van der Waals surface area contributed by atoms with E-state index in [0.29, 0.717) is 23.0 Å². The molecule has 0 saturated heterocycles. The zero-order valence-corrected chi connectivity index (χ0v) is 11.1. The first-order chi connectivity index (χ1) is 8.70. The van der Waals surface area contributed by atoms with Crippen LogP contribution in [-0.4, -0.2) is 28.2 Å². The van der Waals surface area contributed by atoms with Crippen molar-refractivity contribution in [3.8, 4) is 0 Å². The van der Waals surface area contributed by atoms with Gasteiger partial charge in [-0.25, -0.2) is 4.98 Å². The van der Waals surface area contributed by atoms with Crippen molar-refractivity contribution in [2.45, 2.75) is 19.9 Å². The lowest BCUT2D eigenvalue weighted by Gasteiger charge is -2.10. The molecule has 0 aromatic carbocycles. The van der Waals surface area contributed by atoms with Crippen molar-refractivity contribution in [2.75, 3.05) is 13.2 Å². The Morgan fingerprint density at radius 2 is 2.44 bits per heavy atom. The molecule has 0 bridgehead atoms. The minimum atomic E-state index is -0.0739. The number of fused-ring (bicyclic) bond motifs is 1. The molecule has 0 saturated carbocycles. The highest BCUT2D eigenvalue weighted by molar-refractivity contribution is 7.17. The van der Waals surface area contributed by atoms with Gasteiger partial charge in [0.2, 0.25) is 0 Å². The van der Waals surface area contributed by atoms with Gasteiger partial charge in [-0.3, -0.25) is 4.79 Å². The SMILES string of the molecule is CC(CCO)CNCc1nc2ccsc2c(=O)[nH]1. The quantitative estimate of drug-likeness (QED) is 0.732.